The third-order valence-corrected chi connectivity index (χ3v) is 3.83. The van der Waals surface area contributed by atoms with Crippen molar-refractivity contribution in [2.24, 2.45) is 0 Å². The van der Waals surface area contributed by atoms with Crippen molar-refractivity contribution in [3.8, 4) is 0 Å². The highest BCUT2D eigenvalue weighted by atomic mass is 19.4. The number of carbonyl (C=O) groups excluding carboxylic acids is 1. The fourth-order valence-corrected chi connectivity index (χ4v) is 2.67. The number of halogens is 3. The molecule has 2 rings (SSSR count). The normalized spacial score (nSPS) is 21.5. The number of amides is 1. The zero-order chi connectivity index (χ0) is 17.3. The summed E-state index contributed by atoms with van der Waals surface area (Å²) in [4.78, 5) is 28.7. The predicted octanol–water partition coefficient (Wildman–Crippen LogP) is 1.81. The molecule has 23 heavy (non-hydrogen) atoms. The average molecular weight is 332 g/mol. The number of alkyl halides is 3. The second kappa shape index (κ2) is 6.15. The molecule has 126 valence electrons. The maximum absolute atomic E-state index is 12.5. The Kier molecular flexibility index (Phi) is 4.60. The summed E-state index contributed by atoms with van der Waals surface area (Å²) in [5.41, 5.74) is -2.73. The number of aromatic nitrogens is 1. The molecule has 6 nitrogen and oxygen atoms in total. The zero-order valence-corrected chi connectivity index (χ0v) is 12.3. The fourth-order valence-electron chi connectivity index (χ4n) is 2.67. The van der Waals surface area contributed by atoms with Crippen molar-refractivity contribution in [1.82, 2.24) is 9.88 Å². The monoisotopic (exact) mass is 332 g/mol. The first-order valence-electron chi connectivity index (χ1n) is 6.80. The summed E-state index contributed by atoms with van der Waals surface area (Å²) in [6, 6.07) is 1.69. The Bertz CT molecular complexity index is 603. The Hall–Kier alpha value is -2.16. The first kappa shape index (κ1) is 17.2. The molecule has 0 aromatic carbocycles. The Morgan fingerprint density at radius 3 is 2.61 bits per heavy atom. The minimum atomic E-state index is -4.55. The van der Waals surface area contributed by atoms with E-state index in [1.54, 1.807) is 0 Å². The Labute approximate surface area is 129 Å². The smallest absolute Gasteiger partial charge is 0.417 e. The quantitative estimate of drug-likeness (QED) is 0.909. The van der Waals surface area contributed by atoms with E-state index in [0.29, 0.717) is 12.6 Å². The van der Waals surface area contributed by atoms with Crippen molar-refractivity contribution in [1.29, 1.82) is 0 Å². The molecule has 2 heterocycles. The molecular weight excluding hydrogens is 317 g/mol. The minimum Gasteiger partial charge on any atom is -0.479 e. The van der Waals surface area contributed by atoms with Gasteiger partial charge in [-0.2, -0.15) is 13.2 Å². The van der Waals surface area contributed by atoms with Gasteiger partial charge in [-0.1, -0.05) is 0 Å². The highest BCUT2D eigenvalue weighted by Gasteiger charge is 2.50. The van der Waals surface area contributed by atoms with Crippen molar-refractivity contribution in [3.63, 3.8) is 0 Å². The summed E-state index contributed by atoms with van der Waals surface area (Å²) < 4.78 is 42.5. The van der Waals surface area contributed by atoms with Crippen LogP contribution in [0.1, 0.15) is 28.9 Å². The van der Waals surface area contributed by atoms with Gasteiger partial charge in [0.05, 0.1) is 12.2 Å². The van der Waals surface area contributed by atoms with Gasteiger partial charge in [-0.25, -0.2) is 4.79 Å². The standard InChI is InChI=1S/C14H15F3N2O4/c1-23-8-13(12(21)22)5-2-6-19(13)11(20)10-4-3-9(7-18-10)14(15,16)17/h3-4,7H,2,5-6,8H2,1H3,(H,21,22). The number of hydrogen-bond donors (Lipinski definition) is 1. The van der Waals surface area contributed by atoms with Gasteiger partial charge in [0.2, 0.25) is 0 Å². The number of ether oxygens (including phenoxy) is 1. The number of pyridine rings is 1. The van der Waals surface area contributed by atoms with E-state index in [1.165, 1.54) is 7.11 Å². The summed E-state index contributed by atoms with van der Waals surface area (Å²) in [6.07, 6.45) is -3.32. The molecule has 1 unspecified atom stereocenters. The number of nitrogens with zero attached hydrogens (tertiary/aromatic N) is 2. The van der Waals surface area contributed by atoms with Gasteiger partial charge in [-0.05, 0) is 25.0 Å². The SMILES string of the molecule is COCC1(C(=O)O)CCCN1C(=O)c1ccc(C(F)(F)F)cn1. The van der Waals surface area contributed by atoms with Crippen LogP contribution in [0.4, 0.5) is 13.2 Å². The lowest BCUT2D eigenvalue weighted by atomic mass is 9.97. The summed E-state index contributed by atoms with van der Waals surface area (Å²) in [5.74, 6) is -1.94. The van der Waals surface area contributed by atoms with Crippen LogP contribution in [-0.4, -0.2) is 52.7 Å². The van der Waals surface area contributed by atoms with Gasteiger partial charge in [-0.15, -0.1) is 0 Å². The van der Waals surface area contributed by atoms with Crippen LogP contribution < -0.4 is 0 Å². The Balaban J connectivity index is 2.30. The topological polar surface area (TPSA) is 79.7 Å². The number of carboxylic acids is 1. The van der Waals surface area contributed by atoms with Crippen LogP contribution in [0, 0.1) is 0 Å². The van der Waals surface area contributed by atoms with Crippen LogP contribution in [0.15, 0.2) is 18.3 Å². The van der Waals surface area contributed by atoms with Gasteiger partial charge in [0.1, 0.15) is 5.69 Å². The molecule has 0 spiro atoms. The number of carbonyl (C=O) groups is 2. The molecular formula is C14H15F3N2O4. The second-order valence-corrected chi connectivity index (χ2v) is 5.26. The third kappa shape index (κ3) is 3.14. The first-order chi connectivity index (χ1) is 10.7. The molecule has 1 saturated heterocycles. The zero-order valence-electron chi connectivity index (χ0n) is 12.3. The van der Waals surface area contributed by atoms with Crippen LogP contribution >= 0.6 is 0 Å². The van der Waals surface area contributed by atoms with Gasteiger partial charge >= 0.3 is 12.1 Å². The maximum atomic E-state index is 12.5. The lowest BCUT2D eigenvalue weighted by Gasteiger charge is -2.33. The fraction of sp³-hybridized carbons (Fsp3) is 0.500. The summed E-state index contributed by atoms with van der Waals surface area (Å²) in [7, 11) is 1.32. The van der Waals surface area contributed by atoms with Crippen molar-refractivity contribution in [2.45, 2.75) is 24.6 Å². The molecule has 1 amide bonds. The first-order valence-corrected chi connectivity index (χ1v) is 6.80. The third-order valence-electron chi connectivity index (χ3n) is 3.83. The van der Waals surface area contributed by atoms with Crippen molar-refractivity contribution >= 4 is 11.9 Å². The van der Waals surface area contributed by atoms with Crippen LogP contribution in [-0.2, 0) is 15.7 Å². The van der Waals surface area contributed by atoms with Gasteiger partial charge < -0.3 is 14.7 Å². The van der Waals surface area contributed by atoms with Gasteiger partial charge in [0, 0.05) is 19.9 Å². The largest absolute Gasteiger partial charge is 0.479 e. The summed E-state index contributed by atoms with van der Waals surface area (Å²) >= 11 is 0. The number of rotatable bonds is 4. The van der Waals surface area contributed by atoms with Crippen LogP contribution in [0.2, 0.25) is 0 Å². The molecule has 1 aromatic heterocycles. The molecule has 0 aliphatic carbocycles. The lowest BCUT2D eigenvalue weighted by molar-refractivity contribution is -0.151. The van der Waals surface area contributed by atoms with Gasteiger partial charge in [0.15, 0.2) is 5.54 Å². The van der Waals surface area contributed by atoms with E-state index in [1.807, 2.05) is 0 Å². The number of likely N-dealkylation sites (tertiary alicyclic amines) is 1. The number of aliphatic carboxylic acids is 1. The van der Waals surface area contributed by atoms with E-state index in [2.05, 4.69) is 4.98 Å². The second-order valence-electron chi connectivity index (χ2n) is 5.26. The van der Waals surface area contributed by atoms with Crippen molar-refractivity contribution < 1.29 is 32.6 Å². The lowest BCUT2D eigenvalue weighted by Crippen LogP contribution is -2.56. The maximum Gasteiger partial charge on any atom is 0.417 e. The molecule has 1 N–H and O–H groups in total. The predicted molar refractivity (Wildman–Crippen MR) is 71.8 cm³/mol. The van der Waals surface area contributed by atoms with Gasteiger partial charge in [0.25, 0.3) is 5.91 Å². The van der Waals surface area contributed by atoms with E-state index in [-0.39, 0.29) is 25.3 Å². The number of carboxylic acid groups (broad SMARTS) is 1. The van der Waals surface area contributed by atoms with Crippen LogP contribution in [0.5, 0.6) is 0 Å². The van der Waals surface area contributed by atoms with Crippen LogP contribution in [0.3, 0.4) is 0 Å². The minimum absolute atomic E-state index is 0.178. The van der Waals surface area contributed by atoms with Crippen molar-refractivity contribution in [2.75, 3.05) is 20.3 Å². The molecule has 1 fully saturated rings. The van der Waals surface area contributed by atoms with Crippen LogP contribution in [0.25, 0.3) is 0 Å². The average Bonchev–Trinajstić information content (AvgIpc) is 2.91. The summed E-state index contributed by atoms with van der Waals surface area (Å²) in [5, 5.41) is 9.47. The van der Waals surface area contributed by atoms with E-state index in [0.717, 1.165) is 17.0 Å². The molecule has 9 heteroatoms. The molecule has 1 aliphatic heterocycles. The molecule has 0 saturated carbocycles. The molecule has 1 atom stereocenters. The van der Waals surface area contributed by atoms with E-state index < -0.39 is 29.2 Å². The van der Waals surface area contributed by atoms with Crippen molar-refractivity contribution in [3.05, 3.63) is 29.6 Å². The Morgan fingerprint density at radius 2 is 2.13 bits per heavy atom. The molecule has 1 aliphatic rings. The summed E-state index contributed by atoms with van der Waals surface area (Å²) in [6.45, 7) is -0.0219. The molecule has 0 bridgehead atoms. The number of methoxy groups -OCH3 is 1. The number of hydrogen-bond acceptors (Lipinski definition) is 4. The van der Waals surface area contributed by atoms with E-state index in [4.69, 9.17) is 4.74 Å². The highest BCUT2D eigenvalue weighted by Crippen LogP contribution is 2.32. The molecule has 0 radical (unpaired) electrons. The van der Waals surface area contributed by atoms with Gasteiger partial charge in [-0.3, -0.25) is 9.78 Å². The Morgan fingerprint density at radius 1 is 1.43 bits per heavy atom. The van der Waals surface area contributed by atoms with E-state index >= 15 is 0 Å². The molecule has 1 aromatic rings. The van der Waals surface area contributed by atoms with E-state index in [9.17, 15) is 27.9 Å². The highest BCUT2D eigenvalue weighted by molar-refractivity contribution is 5.97.